The van der Waals surface area contributed by atoms with Crippen LogP contribution in [0, 0.1) is 0 Å². The predicted molar refractivity (Wildman–Crippen MR) is 61.0 cm³/mol. The molecular weight excluding hydrogens is 320 g/mol. The molecule has 0 radical (unpaired) electrons. The molecule has 1 rings (SSSR count). The largest absolute Gasteiger partial charge is 0.496 e. The molecule has 1 aromatic carbocycles. The van der Waals surface area contributed by atoms with Crippen molar-refractivity contribution in [3.05, 3.63) is 35.9 Å². The highest BCUT2D eigenvalue weighted by Gasteiger charge is 2.24. The molecule has 0 bridgehead atoms. The van der Waals surface area contributed by atoms with Crippen LogP contribution in [0.2, 0.25) is 0 Å². The zero-order chi connectivity index (χ0) is 11.5. The summed E-state index contributed by atoms with van der Waals surface area (Å²) in [6.07, 6.45) is -4.05. The van der Waals surface area contributed by atoms with Crippen LogP contribution in [0.25, 0.3) is 3.58 Å². The molecule has 82 valence electrons. The normalized spacial score (nSPS) is 12.7. The second-order valence-corrected chi connectivity index (χ2v) is 3.90. The third kappa shape index (κ3) is 3.73. The van der Waals surface area contributed by atoms with E-state index in [1.807, 2.05) is 0 Å². The Bertz CT molecular complexity index is 371. The summed E-state index contributed by atoms with van der Waals surface area (Å²) in [5.74, 6) is 0.433. The molecule has 0 saturated carbocycles. The Morgan fingerprint density at radius 2 is 1.93 bits per heavy atom. The van der Waals surface area contributed by atoms with E-state index in [4.69, 9.17) is 4.74 Å². The van der Waals surface area contributed by atoms with E-state index in [0.29, 0.717) is 11.3 Å². The summed E-state index contributed by atoms with van der Waals surface area (Å²) in [7, 11) is 1.43. The molecule has 1 nitrogen and oxygen atoms in total. The number of halogens is 4. The number of alkyl halides is 3. The van der Waals surface area contributed by atoms with Crippen LogP contribution in [0.4, 0.5) is 13.2 Å². The fourth-order valence-electron chi connectivity index (χ4n) is 1.06. The van der Waals surface area contributed by atoms with Crippen molar-refractivity contribution in [2.24, 2.45) is 0 Å². The molecule has 5 heteroatoms. The van der Waals surface area contributed by atoms with E-state index in [-0.39, 0.29) is 9.66 Å². The van der Waals surface area contributed by atoms with Crippen molar-refractivity contribution in [3.8, 4) is 5.75 Å². The van der Waals surface area contributed by atoms with Gasteiger partial charge in [-0.3, -0.25) is 0 Å². The van der Waals surface area contributed by atoms with Gasteiger partial charge in [0.15, 0.2) is 0 Å². The van der Waals surface area contributed by atoms with E-state index < -0.39 is 6.18 Å². The number of rotatable bonds is 2. The molecule has 15 heavy (non-hydrogen) atoms. The van der Waals surface area contributed by atoms with Crippen LogP contribution in [0.1, 0.15) is 5.56 Å². The minimum absolute atomic E-state index is 0.109. The first-order valence-corrected chi connectivity index (χ1v) is 5.10. The second-order valence-electron chi connectivity index (χ2n) is 2.73. The Morgan fingerprint density at radius 3 is 2.47 bits per heavy atom. The van der Waals surface area contributed by atoms with Crippen molar-refractivity contribution in [1.82, 2.24) is 0 Å². The number of methoxy groups -OCH3 is 1. The molecule has 0 spiro atoms. The smallest absolute Gasteiger partial charge is 0.410 e. The van der Waals surface area contributed by atoms with Gasteiger partial charge >= 0.3 is 6.18 Å². The highest BCUT2D eigenvalue weighted by Crippen LogP contribution is 2.33. The molecule has 1 aromatic rings. The predicted octanol–water partition coefficient (Wildman–Crippen LogP) is 4.03. The van der Waals surface area contributed by atoms with E-state index in [0.717, 1.165) is 0 Å². The lowest BCUT2D eigenvalue weighted by atomic mass is 10.2. The first-order chi connectivity index (χ1) is 6.94. The second kappa shape index (κ2) is 4.87. The minimum atomic E-state index is -4.31. The maximum absolute atomic E-state index is 12.1. The monoisotopic (exact) mass is 328 g/mol. The molecule has 0 amide bonds. The van der Waals surface area contributed by atoms with E-state index >= 15 is 0 Å². The molecule has 0 heterocycles. The number of para-hydroxylation sites is 1. The van der Waals surface area contributed by atoms with Crippen LogP contribution in [-0.2, 0) is 0 Å². The highest BCUT2D eigenvalue weighted by molar-refractivity contribution is 14.1. The summed E-state index contributed by atoms with van der Waals surface area (Å²) in [6.45, 7) is 0. The van der Waals surface area contributed by atoms with Gasteiger partial charge in [-0.25, -0.2) is 0 Å². The van der Waals surface area contributed by atoms with Crippen LogP contribution in [0.3, 0.4) is 0 Å². The Morgan fingerprint density at radius 1 is 1.33 bits per heavy atom. The number of benzene rings is 1. The van der Waals surface area contributed by atoms with Gasteiger partial charge < -0.3 is 4.74 Å². The molecule has 0 fully saturated rings. The molecule has 0 aliphatic heterocycles. The van der Waals surface area contributed by atoms with Crippen LogP contribution < -0.4 is 4.74 Å². The quantitative estimate of drug-likeness (QED) is 0.745. The average Bonchev–Trinajstić information content (AvgIpc) is 2.15. The van der Waals surface area contributed by atoms with E-state index in [1.165, 1.54) is 7.11 Å². The number of hydrogen-bond donors (Lipinski definition) is 0. The maximum atomic E-state index is 12.1. The Kier molecular flexibility index (Phi) is 4.01. The third-order valence-corrected chi connectivity index (χ3v) is 2.55. The van der Waals surface area contributed by atoms with Crippen LogP contribution in [-0.4, -0.2) is 13.3 Å². The average molecular weight is 328 g/mol. The van der Waals surface area contributed by atoms with Gasteiger partial charge in [-0.2, -0.15) is 13.2 Å². The van der Waals surface area contributed by atoms with Gasteiger partial charge in [-0.15, -0.1) is 0 Å². The van der Waals surface area contributed by atoms with Crippen molar-refractivity contribution >= 4 is 26.2 Å². The van der Waals surface area contributed by atoms with E-state index in [9.17, 15) is 13.2 Å². The van der Waals surface area contributed by atoms with Crippen molar-refractivity contribution in [3.63, 3.8) is 0 Å². The Hall–Kier alpha value is -0.720. The zero-order valence-electron chi connectivity index (χ0n) is 7.81. The van der Waals surface area contributed by atoms with Gasteiger partial charge in [0.2, 0.25) is 0 Å². The Balaban J connectivity index is 3.11. The topological polar surface area (TPSA) is 9.23 Å². The summed E-state index contributed by atoms with van der Waals surface area (Å²) in [5.41, 5.74) is 0.443. The lowest BCUT2D eigenvalue weighted by Gasteiger charge is -2.08. The van der Waals surface area contributed by atoms with Gasteiger partial charge in [-0.05, 0) is 28.7 Å². The van der Waals surface area contributed by atoms with E-state index in [1.54, 1.807) is 46.9 Å². The summed E-state index contributed by atoms with van der Waals surface area (Å²) in [5, 5.41) is 0. The standard InChI is InChI=1S/C10H8F3IO/c1-15-9-5-3-2-4-7(9)8(14)6-10(11,12)13/h2-6H,1H3/b8-6-. The molecule has 0 N–H and O–H groups in total. The molecule has 0 saturated heterocycles. The summed E-state index contributed by atoms with van der Waals surface area (Å²) in [6, 6.07) is 6.58. The van der Waals surface area contributed by atoms with Gasteiger partial charge in [-0.1, -0.05) is 18.2 Å². The molecule has 0 aromatic heterocycles. The molecule has 0 aliphatic rings. The minimum Gasteiger partial charge on any atom is -0.496 e. The summed E-state index contributed by atoms with van der Waals surface area (Å²) in [4.78, 5) is 0. The Labute approximate surface area is 99.1 Å². The highest BCUT2D eigenvalue weighted by atomic mass is 127. The lowest BCUT2D eigenvalue weighted by molar-refractivity contribution is -0.0791. The van der Waals surface area contributed by atoms with Crippen LogP contribution in [0.5, 0.6) is 5.75 Å². The van der Waals surface area contributed by atoms with Gasteiger partial charge in [0.05, 0.1) is 7.11 Å². The SMILES string of the molecule is COc1ccccc1/C(I)=C/C(F)(F)F. The maximum Gasteiger partial charge on any atom is 0.410 e. The lowest BCUT2D eigenvalue weighted by Crippen LogP contribution is -2.02. The molecule has 0 aliphatic carbocycles. The van der Waals surface area contributed by atoms with E-state index in [2.05, 4.69) is 0 Å². The number of ether oxygens (including phenoxy) is 1. The van der Waals surface area contributed by atoms with Crippen molar-refractivity contribution in [2.45, 2.75) is 6.18 Å². The van der Waals surface area contributed by atoms with Crippen molar-refractivity contribution in [2.75, 3.05) is 7.11 Å². The molecule has 0 unspecified atom stereocenters. The van der Waals surface area contributed by atoms with Gasteiger partial charge in [0.25, 0.3) is 0 Å². The van der Waals surface area contributed by atoms with Gasteiger partial charge in [0, 0.05) is 15.2 Å². The fraction of sp³-hybridized carbons (Fsp3) is 0.200. The third-order valence-electron chi connectivity index (χ3n) is 1.65. The summed E-state index contributed by atoms with van der Waals surface area (Å²) >= 11 is 1.64. The van der Waals surface area contributed by atoms with Gasteiger partial charge in [0.1, 0.15) is 5.75 Å². The molecule has 0 atom stereocenters. The first kappa shape index (κ1) is 12.4. The van der Waals surface area contributed by atoms with Crippen LogP contribution in [0.15, 0.2) is 30.3 Å². The van der Waals surface area contributed by atoms with Crippen molar-refractivity contribution < 1.29 is 17.9 Å². The zero-order valence-corrected chi connectivity index (χ0v) is 9.96. The van der Waals surface area contributed by atoms with Crippen molar-refractivity contribution in [1.29, 1.82) is 0 Å². The fourth-order valence-corrected chi connectivity index (χ4v) is 1.86. The van der Waals surface area contributed by atoms with Crippen LogP contribution >= 0.6 is 22.6 Å². The molecular formula is C10H8F3IO. The number of allylic oxidation sites excluding steroid dienone is 1. The number of hydrogen-bond acceptors (Lipinski definition) is 1. The first-order valence-electron chi connectivity index (χ1n) is 4.02. The summed E-state index contributed by atoms with van der Waals surface area (Å²) < 4.78 is 41.4.